The quantitative estimate of drug-likeness (QED) is 0.843. The summed E-state index contributed by atoms with van der Waals surface area (Å²) in [5, 5.41) is 4.29. The Morgan fingerprint density at radius 2 is 1.58 bits per heavy atom. The first-order chi connectivity index (χ1) is 11.8. The Kier molecular flexibility index (Phi) is 4.94. The van der Waals surface area contributed by atoms with Gasteiger partial charge in [-0.1, -0.05) is 65.8 Å². The third-order valence-electron chi connectivity index (χ3n) is 4.40. The lowest BCUT2D eigenvalue weighted by molar-refractivity contribution is -0.136. The minimum atomic E-state index is -0.422. The summed E-state index contributed by atoms with van der Waals surface area (Å²) >= 11 is 0. The summed E-state index contributed by atoms with van der Waals surface area (Å²) in [5.74, 6) is -0.358. The van der Waals surface area contributed by atoms with Gasteiger partial charge in [0.2, 0.25) is 5.91 Å². The maximum absolute atomic E-state index is 13.1. The van der Waals surface area contributed by atoms with Crippen LogP contribution in [0, 0.1) is 5.92 Å². The van der Waals surface area contributed by atoms with Crippen LogP contribution in [0.5, 0.6) is 0 Å². The molecular formula is C20H22N2O2. The van der Waals surface area contributed by atoms with E-state index in [0.29, 0.717) is 18.8 Å². The number of carbonyl (C=O) groups excluding carboxylic acids is 1. The number of amides is 1. The first kappa shape index (κ1) is 16.2. The van der Waals surface area contributed by atoms with Crippen molar-refractivity contribution in [2.24, 2.45) is 11.1 Å². The summed E-state index contributed by atoms with van der Waals surface area (Å²) in [6.07, 6.45) is -0.380. The molecule has 4 nitrogen and oxygen atoms in total. The zero-order valence-electron chi connectivity index (χ0n) is 14.1. The van der Waals surface area contributed by atoms with Gasteiger partial charge in [-0.2, -0.15) is 0 Å². The molecule has 2 atom stereocenters. The number of oxime groups is 1. The molecule has 1 heterocycles. The Balaban J connectivity index is 1.99. The predicted octanol–water partition coefficient (Wildman–Crippen LogP) is 3.65. The van der Waals surface area contributed by atoms with Gasteiger partial charge in [0.1, 0.15) is 11.6 Å². The lowest BCUT2D eigenvalue weighted by atomic mass is 9.87. The van der Waals surface area contributed by atoms with Gasteiger partial charge in [-0.3, -0.25) is 4.79 Å². The molecule has 24 heavy (non-hydrogen) atoms. The van der Waals surface area contributed by atoms with Crippen molar-refractivity contribution in [2.45, 2.75) is 20.0 Å². The van der Waals surface area contributed by atoms with Gasteiger partial charge in [0, 0.05) is 18.7 Å². The Bertz CT molecular complexity index is 709. The molecule has 0 spiro atoms. The van der Waals surface area contributed by atoms with Crippen molar-refractivity contribution in [1.82, 2.24) is 4.90 Å². The maximum Gasteiger partial charge on any atom is 0.236 e. The van der Waals surface area contributed by atoms with Gasteiger partial charge in [0.15, 0.2) is 6.10 Å². The molecule has 3 rings (SSSR count). The fourth-order valence-corrected chi connectivity index (χ4v) is 3.09. The Morgan fingerprint density at radius 3 is 2.17 bits per heavy atom. The second-order valence-corrected chi connectivity index (χ2v) is 5.77. The van der Waals surface area contributed by atoms with Crippen LogP contribution in [-0.2, 0) is 9.63 Å². The van der Waals surface area contributed by atoms with E-state index in [1.807, 2.05) is 79.4 Å². The van der Waals surface area contributed by atoms with E-state index in [2.05, 4.69) is 5.16 Å². The van der Waals surface area contributed by atoms with Gasteiger partial charge in [-0.25, -0.2) is 0 Å². The van der Waals surface area contributed by atoms with Gasteiger partial charge in [-0.15, -0.1) is 0 Å². The van der Waals surface area contributed by atoms with Crippen LogP contribution in [0.1, 0.15) is 31.1 Å². The fourth-order valence-electron chi connectivity index (χ4n) is 3.09. The first-order valence-corrected chi connectivity index (χ1v) is 8.39. The molecule has 0 N–H and O–H groups in total. The van der Waals surface area contributed by atoms with E-state index in [0.717, 1.165) is 11.1 Å². The molecule has 0 aliphatic carbocycles. The van der Waals surface area contributed by atoms with Crippen molar-refractivity contribution in [3.63, 3.8) is 0 Å². The van der Waals surface area contributed by atoms with Crippen LogP contribution in [0.25, 0.3) is 0 Å². The highest BCUT2D eigenvalue weighted by atomic mass is 16.6. The summed E-state index contributed by atoms with van der Waals surface area (Å²) in [4.78, 5) is 20.7. The highest BCUT2D eigenvalue weighted by Crippen LogP contribution is 2.36. The minimum Gasteiger partial charge on any atom is -0.386 e. The molecule has 0 radical (unpaired) electrons. The SMILES string of the molecule is CCN(CC)C(=O)[C@@H]1C(c2ccccc2)=NO[C@H]1c1ccccc1. The van der Waals surface area contributed by atoms with Crippen LogP contribution in [-0.4, -0.2) is 29.6 Å². The van der Waals surface area contributed by atoms with Gasteiger partial charge in [0.05, 0.1) is 0 Å². The van der Waals surface area contributed by atoms with Crippen LogP contribution in [0.2, 0.25) is 0 Å². The average Bonchev–Trinajstić information content (AvgIpc) is 3.09. The number of carbonyl (C=O) groups is 1. The van der Waals surface area contributed by atoms with E-state index < -0.39 is 5.92 Å². The van der Waals surface area contributed by atoms with Crippen LogP contribution >= 0.6 is 0 Å². The molecule has 2 aromatic rings. The topological polar surface area (TPSA) is 41.9 Å². The summed E-state index contributed by atoms with van der Waals surface area (Å²) in [6, 6.07) is 19.6. The van der Waals surface area contributed by atoms with Crippen LogP contribution in [0.3, 0.4) is 0 Å². The highest BCUT2D eigenvalue weighted by Gasteiger charge is 2.42. The number of benzene rings is 2. The molecule has 1 amide bonds. The van der Waals surface area contributed by atoms with E-state index in [-0.39, 0.29) is 12.0 Å². The summed E-state index contributed by atoms with van der Waals surface area (Å²) in [5.41, 5.74) is 2.61. The number of rotatable bonds is 5. The van der Waals surface area contributed by atoms with E-state index in [4.69, 9.17) is 4.84 Å². The van der Waals surface area contributed by atoms with Crippen molar-refractivity contribution in [3.8, 4) is 0 Å². The predicted molar refractivity (Wildman–Crippen MR) is 94.7 cm³/mol. The van der Waals surface area contributed by atoms with Crippen molar-refractivity contribution in [2.75, 3.05) is 13.1 Å². The average molecular weight is 322 g/mol. The smallest absolute Gasteiger partial charge is 0.236 e. The molecule has 4 heteroatoms. The fraction of sp³-hybridized carbons (Fsp3) is 0.300. The van der Waals surface area contributed by atoms with Crippen LogP contribution in [0.4, 0.5) is 0 Å². The maximum atomic E-state index is 13.1. The molecular weight excluding hydrogens is 300 g/mol. The van der Waals surface area contributed by atoms with Crippen molar-refractivity contribution < 1.29 is 9.63 Å². The van der Waals surface area contributed by atoms with E-state index >= 15 is 0 Å². The molecule has 0 saturated carbocycles. The third-order valence-corrected chi connectivity index (χ3v) is 4.40. The van der Waals surface area contributed by atoms with Gasteiger partial charge in [-0.05, 0) is 19.4 Å². The van der Waals surface area contributed by atoms with E-state index in [1.54, 1.807) is 0 Å². The van der Waals surface area contributed by atoms with E-state index in [1.165, 1.54) is 0 Å². The number of hydrogen-bond donors (Lipinski definition) is 0. The zero-order valence-corrected chi connectivity index (χ0v) is 14.1. The summed E-state index contributed by atoms with van der Waals surface area (Å²) in [6.45, 7) is 5.34. The Hall–Kier alpha value is -2.62. The third kappa shape index (κ3) is 3.04. The highest BCUT2D eigenvalue weighted by molar-refractivity contribution is 6.14. The zero-order chi connectivity index (χ0) is 16.9. The van der Waals surface area contributed by atoms with Crippen LogP contribution < -0.4 is 0 Å². The molecule has 0 fully saturated rings. The largest absolute Gasteiger partial charge is 0.386 e. The Morgan fingerprint density at radius 1 is 1.00 bits per heavy atom. The van der Waals surface area contributed by atoms with Crippen molar-refractivity contribution in [1.29, 1.82) is 0 Å². The Labute approximate surface area is 142 Å². The number of nitrogens with zero attached hydrogens (tertiary/aromatic N) is 2. The standard InChI is InChI=1S/C20H22N2O2/c1-3-22(4-2)20(23)17-18(15-11-7-5-8-12-15)21-24-19(17)16-13-9-6-10-14-16/h5-14,17,19H,3-4H2,1-2H3/t17-,19+/m1/s1. The van der Waals surface area contributed by atoms with Crippen LogP contribution in [0.15, 0.2) is 65.8 Å². The first-order valence-electron chi connectivity index (χ1n) is 8.39. The lowest BCUT2D eigenvalue weighted by Gasteiger charge is -2.26. The molecule has 0 aromatic heterocycles. The molecule has 2 aromatic carbocycles. The van der Waals surface area contributed by atoms with Crippen molar-refractivity contribution >= 4 is 11.6 Å². The molecule has 1 aliphatic heterocycles. The molecule has 0 saturated heterocycles. The molecule has 124 valence electrons. The molecule has 1 aliphatic rings. The van der Waals surface area contributed by atoms with Gasteiger partial charge >= 0.3 is 0 Å². The second-order valence-electron chi connectivity index (χ2n) is 5.77. The summed E-state index contributed by atoms with van der Waals surface area (Å²) in [7, 11) is 0. The van der Waals surface area contributed by atoms with Crippen molar-refractivity contribution in [3.05, 3.63) is 71.8 Å². The normalized spacial score (nSPS) is 19.5. The molecule has 0 unspecified atom stereocenters. The van der Waals surface area contributed by atoms with Gasteiger partial charge < -0.3 is 9.74 Å². The van der Waals surface area contributed by atoms with E-state index in [9.17, 15) is 4.79 Å². The monoisotopic (exact) mass is 322 g/mol. The second kappa shape index (κ2) is 7.30. The minimum absolute atomic E-state index is 0.0638. The number of hydrogen-bond acceptors (Lipinski definition) is 3. The molecule has 0 bridgehead atoms. The lowest BCUT2D eigenvalue weighted by Crippen LogP contribution is -2.40. The summed E-state index contributed by atoms with van der Waals surface area (Å²) < 4.78 is 0. The van der Waals surface area contributed by atoms with Gasteiger partial charge in [0.25, 0.3) is 0 Å².